The summed E-state index contributed by atoms with van der Waals surface area (Å²) < 4.78 is 11.0. The Morgan fingerprint density at radius 3 is 2.62 bits per heavy atom. The fourth-order valence-corrected chi connectivity index (χ4v) is 2.46. The van der Waals surface area contributed by atoms with Crippen LogP contribution in [0.1, 0.15) is 35.7 Å². The summed E-state index contributed by atoms with van der Waals surface area (Å²) in [4.78, 5) is 12.3. The Bertz CT molecular complexity index is 674. The number of hydrogen-bond donors (Lipinski definition) is 1. The van der Waals surface area contributed by atoms with Crippen LogP contribution in [0.5, 0.6) is 11.5 Å². The molecule has 0 unspecified atom stereocenters. The van der Waals surface area contributed by atoms with Crippen molar-refractivity contribution in [3.8, 4) is 11.5 Å². The third kappa shape index (κ3) is 4.90. The van der Waals surface area contributed by atoms with Crippen molar-refractivity contribution in [2.75, 3.05) is 13.7 Å². The number of carbonyl (C=O) groups excluding carboxylic acids is 1. The van der Waals surface area contributed by atoms with E-state index in [1.54, 1.807) is 12.1 Å². The molecule has 2 aromatic carbocycles. The standard InChI is InChI=1S/C19H22ClNO3/c1-3-4-10-24-18-16(20)11-15(12-17(18)23-2)19(22)21-13-14-8-6-5-7-9-14/h5-9,11-12H,3-4,10,13H2,1-2H3,(H,21,22). The van der Waals surface area contributed by atoms with E-state index in [4.69, 9.17) is 21.1 Å². The zero-order valence-electron chi connectivity index (χ0n) is 14.0. The minimum atomic E-state index is -0.209. The maximum Gasteiger partial charge on any atom is 0.251 e. The highest BCUT2D eigenvalue weighted by molar-refractivity contribution is 6.32. The Morgan fingerprint density at radius 2 is 1.96 bits per heavy atom. The third-order valence-electron chi connectivity index (χ3n) is 3.53. The molecule has 0 heterocycles. The van der Waals surface area contributed by atoms with Crippen molar-refractivity contribution in [2.24, 2.45) is 0 Å². The molecule has 0 aliphatic heterocycles. The molecule has 4 nitrogen and oxygen atoms in total. The molecule has 24 heavy (non-hydrogen) atoms. The molecule has 1 N–H and O–H groups in total. The van der Waals surface area contributed by atoms with Crippen LogP contribution < -0.4 is 14.8 Å². The van der Waals surface area contributed by atoms with E-state index in [0.717, 1.165) is 18.4 Å². The molecule has 0 aliphatic rings. The second kappa shape index (κ2) is 9.18. The minimum Gasteiger partial charge on any atom is -0.493 e. The molecule has 0 saturated heterocycles. The molecule has 0 atom stereocenters. The van der Waals surface area contributed by atoms with Gasteiger partial charge in [0.25, 0.3) is 5.91 Å². The minimum absolute atomic E-state index is 0.209. The SMILES string of the molecule is CCCCOc1c(Cl)cc(C(=O)NCc2ccccc2)cc1OC. The first-order valence-electron chi connectivity index (χ1n) is 7.98. The van der Waals surface area contributed by atoms with Gasteiger partial charge in [-0.3, -0.25) is 4.79 Å². The Hall–Kier alpha value is -2.20. The largest absolute Gasteiger partial charge is 0.493 e. The summed E-state index contributed by atoms with van der Waals surface area (Å²) in [5.74, 6) is 0.731. The van der Waals surface area contributed by atoms with Crippen molar-refractivity contribution >= 4 is 17.5 Å². The first kappa shape index (κ1) is 18.1. The van der Waals surface area contributed by atoms with E-state index in [9.17, 15) is 4.79 Å². The molecule has 0 saturated carbocycles. The molecule has 0 spiro atoms. The zero-order chi connectivity index (χ0) is 17.4. The van der Waals surface area contributed by atoms with Crippen molar-refractivity contribution in [1.82, 2.24) is 5.32 Å². The Balaban J connectivity index is 2.09. The fourth-order valence-electron chi connectivity index (χ4n) is 2.19. The van der Waals surface area contributed by atoms with Gasteiger partial charge >= 0.3 is 0 Å². The van der Waals surface area contributed by atoms with E-state index < -0.39 is 0 Å². The molecule has 128 valence electrons. The normalized spacial score (nSPS) is 10.3. The molecular formula is C19H22ClNO3. The highest BCUT2D eigenvalue weighted by Crippen LogP contribution is 2.36. The van der Waals surface area contributed by atoms with E-state index in [1.807, 2.05) is 30.3 Å². The lowest BCUT2D eigenvalue weighted by Gasteiger charge is -2.14. The van der Waals surface area contributed by atoms with Gasteiger partial charge < -0.3 is 14.8 Å². The van der Waals surface area contributed by atoms with Crippen LogP contribution in [0.3, 0.4) is 0 Å². The lowest BCUT2D eigenvalue weighted by Crippen LogP contribution is -2.22. The van der Waals surface area contributed by atoms with Crippen LogP contribution in [0, 0.1) is 0 Å². The number of halogens is 1. The van der Waals surface area contributed by atoms with Gasteiger partial charge in [0.1, 0.15) is 0 Å². The molecule has 1 amide bonds. The van der Waals surface area contributed by atoms with Gasteiger partial charge in [0.05, 0.1) is 18.7 Å². The third-order valence-corrected chi connectivity index (χ3v) is 3.81. The quantitative estimate of drug-likeness (QED) is 0.717. The smallest absolute Gasteiger partial charge is 0.251 e. The Labute approximate surface area is 147 Å². The highest BCUT2D eigenvalue weighted by atomic mass is 35.5. The predicted molar refractivity (Wildman–Crippen MR) is 96.0 cm³/mol. The monoisotopic (exact) mass is 347 g/mol. The lowest BCUT2D eigenvalue weighted by molar-refractivity contribution is 0.0950. The van der Waals surface area contributed by atoms with Crippen molar-refractivity contribution in [3.63, 3.8) is 0 Å². The number of nitrogens with one attached hydrogen (secondary N) is 1. The van der Waals surface area contributed by atoms with Crippen molar-refractivity contribution in [3.05, 3.63) is 58.6 Å². The van der Waals surface area contributed by atoms with Crippen LogP contribution in [0.25, 0.3) is 0 Å². The van der Waals surface area contributed by atoms with E-state index in [0.29, 0.717) is 35.2 Å². The zero-order valence-corrected chi connectivity index (χ0v) is 14.7. The summed E-state index contributed by atoms with van der Waals surface area (Å²) in [6, 6.07) is 13.0. The van der Waals surface area contributed by atoms with E-state index in [2.05, 4.69) is 12.2 Å². The van der Waals surface area contributed by atoms with Crippen LogP contribution in [0.4, 0.5) is 0 Å². The molecule has 0 aliphatic carbocycles. The summed E-state index contributed by atoms with van der Waals surface area (Å²) in [5.41, 5.74) is 1.47. The number of methoxy groups -OCH3 is 1. The molecule has 2 rings (SSSR count). The topological polar surface area (TPSA) is 47.6 Å². The maximum absolute atomic E-state index is 12.3. The lowest BCUT2D eigenvalue weighted by atomic mass is 10.1. The Kier molecular flexibility index (Phi) is 6.94. The van der Waals surface area contributed by atoms with Gasteiger partial charge in [-0.1, -0.05) is 55.3 Å². The first-order valence-corrected chi connectivity index (χ1v) is 8.36. The van der Waals surface area contributed by atoms with Gasteiger partial charge in [-0.15, -0.1) is 0 Å². The van der Waals surface area contributed by atoms with Gasteiger partial charge in [-0.05, 0) is 24.1 Å². The molecule has 0 aromatic heterocycles. The molecule has 2 aromatic rings. The molecule has 0 radical (unpaired) electrons. The number of hydrogen-bond acceptors (Lipinski definition) is 3. The van der Waals surface area contributed by atoms with Crippen LogP contribution in [-0.4, -0.2) is 19.6 Å². The summed E-state index contributed by atoms with van der Waals surface area (Å²) >= 11 is 6.27. The molecule has 5 heteroatoms. The van der Waals surface area contributed by atoms with Gasteiger partial charge in [0.15, 0.2) is 11.5 Å². The molecule has 0 fully saturated rings. The number of unbranched alkanes of at least 4 members (excludes halogenated alkanes) is 1. The number of rotatable bonds is 8. The van der Waals surface area contributed by atoms with Crippen LogP contribution in [-0.2, 0) is 6.54 Å². The second-order valence-electron chi connectivity index (χ2n) is 5.36. The highest BCUT2D eigenvalue weighted by Gasteiger charge is 2.15. The summed E-state index contributed by atoms with van der Waals surface area (Å²) in [6.45, 7) is 3.10. The fraction of sp³-hybridized carbons (Fsp3) is 0.316. The predicted octanol–water partition coefficient (Wildman–Crippen LogP) is 4.46. The van der Waals surface area contributed by atoms with Gasteiger partial charge in [0.2, 0.25) is 0 Å². The molecule has 0 bridgehead atoms. The Morgan fingerprint density at radius 1 is 1.21 bits per heavy atom. The summed E-state index contributed by atoms with van der Waals surface area (Å²) in [6.07, 6.45) is 1.96. The van der Waals surface area contributed by atoms with Gasteiger partial charge in [-0.2, -0.15) is 0 Å². The van der Waals surface area contributed by atoms with E-state index in [-0.39, 0.29) is 5.91 Å². The number of ether oxygens (including phenoxy) is 2. The summed E-state index contributed by atoms with van der Waals surface area (Å²) in [7, 11) is 1.53. The van der Waals surface area contributed by atoms with Crippen molar-refractivity contribution in [1.29, 1.82) is 0 Å². The first-order chi connectivity index (χ1) is 11.7. The van der Waals surface area contributed by atoms with Crippen LogP contribution >= 0.6 is 11.6 Å². The summed E-state index contributed by atoms with van der Waals surface area (Å²) in [5, 5.41) is 3.24. The van der Waals surface area contributed by atoms with E-state index >= 15 is 0 Å². The number of benzene rings is 2. The second-order valence-corrected chi connectivity index (χ2v) is 5.77. The van der Waals surface area contributed by atoms with Crippen molar-refractivity contribution in [2.45, 2.75) is 26.3 Å². The van der Waals surface area contributed by atoms with Crippen LogP contribution in [0.2, 0.25) is 5.02 Å². The molecular weight excluding hydrogens is 326 g/mol. The average molecular weight is 348 g/mol. The maximum atomic E-state index is 12.3. The van der Waals surface area contributed by atoms with Crippen molar-refractivity contribution < 1.29 is 14.3 Å². The average Bonchev–Trinajstić information content (AvgIpc) is 2.61. The van der Waals surface area contributed by atoms with Gasteiger partial charge in [0, 0.05) is 12.1 Å². The number of carbonyl (C=O) groups is 1. The number of amides is 1. The van der Waals surface area contributed by atoms with E-state index in [1.165, 1.54) is 7.11 Å². The van der Waals surface area contributed by atoms with Gasteiger partial charge in [-0.25, -0.2) is 0 Å². The van der Waals surface area contributed by atoms with Crippen LogP contribution in [0.15, 0.2) is 42.5 Å².